The van der Waals surface area contributed by atoms with Gasteiger partial charge in [0.05, 0.1) is 0 Å². The number of aromatic nitrogens is 2. The minimum atomic E-state index is -0.0588. The van der Waals surface area contributed by atoms with Gasteiger partial charge in [-0.25, -0.2) is 4.98 Å². The molecule has 0 atom stereocenters. The summed E-state index contributed by atoms with van der Waals surface area (Å²) in [4.78, 5) is 21.4. The Morgan fingerprint density at radius 3 is 2.59 bits per heavy atom. The number of piperidine rings is 1. The zero-order chi connectivity index (χ0) is 18.8. The smallest absolute Gasteiger partial charge is 0.274 e. The number of pyridine rings is 1. The van der Waals surface area contributed by atoms with Crippen LogP contribution in [0.2, 0.25) is 0 Å². The summed E-state index contributed by atoms with van der Waals surface area (Å²) in [7, 11) is 1.83. The van der Waals surface area contributed by atoms with Gasteiger partial charge in [0.2, 0.25) is 0 Å². The second-order valence-corrected chi connectivity index (χ2v) is 7.47. The van der Waals surface area contributed by atoms with Crippen molar-refractivity contribution < 1.29 is 4.79 Å². The van der Waals surface area contributed by atoms with E-state index in [0.717, 1.165) is 29.9 Å². The molecule has 1 fully saturated rings. The van der Waals surface area contributed by atoms with Crippen LogP contribution in [0.1, 0.15) is 40.9 Å². The molecule has 0 unspecified atom stereocenters. The molecule has 1 aliphatic rings. The van der Waals surface area contributed by atoms with E-state index in [1.165, 1.54) is 24.9 Å². The minimum absolute atomic E-state index is 0.0588. The van der Waals surface area contributed by atoms with Crippen molar-refractivity contribution in [3.63, 3.8) is 0 Å². The molecule has 1 amide bonds. The third-order valence-electron chi connectivity index (χ3n) is 5.26. The number of benzene rings is 1. The molecule has 0 spiro atoms. The highest BCUT2D eigenvalue weighted by molar-refractivity contribution is 5.92. The number of imidazole rings is 1. The number of aryl methyl sites for hydroxylation is 1. The first kappa shape index (κ1) is 17.6. The standard InChI is InChI=1S/C22H26N4O/c1-17-10-13-26-16-20(23-21(26)14-17)22(27)24(2)15-18-6-8-19(9-7-18)25-11-4-3-5-12-25/h6-10,13-14,16H,3-5,11-12,15H2,1-2H3. The quantitative estimate of drug-likeness (QED) is 0.707. The van der Waals surface area contributed by atoms with E-state index in [2.05, 4.69) is 34.1 Å². The Morgan fingerprint density at radius 2 is 1.85 bits per heavy atom. The van der Waals surface area contributed by atoms with Crippen molar-refractivity contribution >= 4 is 17.2 Å². The highest BCUT2D eigenvalue weighted by Crippen LogP contribution is 2.21. The first-order valence-electron chi connectivity index (χ1n) is 9.65. The monoisotopic (exact) mass is 362 g/mol. The number of hydrogen-bond donors (Lipinski definition) is 0. The SMILES string of the molecule is Cc1ccn2cc(C(=O)N(C)Cc3ccc(N4CCCCC4)cc3)nc2c1. The van der Waals surface area contributed by atoms with Crippen molar-refractivity contribution in [2.75, 3.05) is 25.0 Å². The average Bonchev–Trinajstić information content (AvgIpc) is 3.11. The molecule has 3 heterocycles. The fourth-order valence-electron chi connectivity index (χ4n) is 3.69. The summed E-state index contributed by atoms with van der Waals surface area (Å²) in [5, 5.41) is 0. The molecule has 5 nitrogen and oxygen atoms in total. The third-order valence-corrected chi connectivity index (χ3v) is 5.26. The molecule has 0 saturated carbocycles. The lowest BCUT2D eigenvalue weighted by Crippen LogP contribution is -2.29. The lowest BCUT2D eigenvalue weighted by molar-refractivity contribution is 0.0780. The fraction of sp³-hybridized carbons (Fsp3) is 0.364. The summed E-state index contributed by atoms with van der Waals surface area (Å²) >= 11 is 0. The number of nitrogens with zero attached hydrogens (tertiary/aromatic N) is 4. The Labute approximate surface area is 160 Å². The van der Waals surface area contributed by atoms with Crippen molar-refractivity contribution in [2.24, 2.45) is 0 Å². The highest BCUT2D eigenvalue weighted by atomic mass is 16.2. The molecule has 27 heavy (non-hydrogen) atoms. The first-order valence-corrected chi connectivity index (χ1v) is 9.65. The molecule has 0 N–H and O–H groups in total. The van der Waals surface area contributed by atoms with E-state index in [1.807, 2.05) is 36.7 Å². The van der Waals surface area contributed by atoms with E-state index in [4.69, 9.17) is 0 Å². The summed E-state index contributed by atoms with van der Waals surface area (Å²) in [5.74, 6) is -0.0588. The molecule has 4 rings (SSSR count). The largest absolute Gasteiger partial charge is 0.372 e. The molecule has 1 aliphatic heterocycles. The van der Waals surface area contributed by atoms with Gasteiger partial charge < -0.3 is 14.2 Å². The van der Waals surface area contributed by atoms with Gasteiger partial charge in [0.15, 0.2) is 0 Å². The van der Waals surface area contributed by atoms with Crippen LogP contribution in [0, 0.1) is 6.92 Å². The second-order valence-electron chi connectivity index (χ2n) is 7.47. The van der Waals surface area contributed by atoms with Crippen molar-refractivity contribution in [1.82, 2.24) is 14.3 Å². The second kappa shape index (κ2) is 7.43. The van der Waals surface area contributed by atoms with Crippen LogP contribution in [-0.4, -0.2) is 40.3 Å². The van der Waals surface area contributed by atoms with Gasteiger partial charge >= 0.3 is 0 Å². The predicted molar refractivity (Wildman–Crippen MR) is 108 cm³/mol. The predicted octanol–water partition coefficient (Wildman–Crippen LogP) is 3.91. The maximum atomic E-state index is 12.8. The van der Waals surface area contributed by atoms with Gasteiger partial charge in [-0.3, -0.25) is 4.79 Å². The van der Waals surface area contributed by atoms with E-state index in [1.54, 1.807) is 11.1 Å². The van der Waals surface area contributed by atoms with Gasteiger partial charge in [-0.05, 0) is 61.6 Å². The van der Waals surface area contributed by atoms with Crippen LogP contribution in [0.15, 0.2) is 48.8 Å². The average molecular weight is 362 g/mol. The number of anilines is 1. The number of rotatable bonds is 4. The molecule has 0 radical (unpaired) electrons. The molecule has 2 aromatic heterocycles. The molecule has 3 aromatic rings. The molecule has 1 saturated heterocycles. The van der Waals surface area contributed by atoms with E-state index >= 15 is 0 Å². The van der Waals surface area contributed by atoms with Crippen LogP contribution >= 0.6 is 0 Å². The van der Waals surface area contributed by atoms with Gasteiger partial charge in [0.25, 0.3) is 5.91 Å². The van der Waals surface area contributed by atoms with Gasteiger partial charge in [0, 0.05) is 44.8 Å². The zero-order valence-electron chi connectivity index (χ0n) is 16.1. The third kappa shape index (κ3) is 3.82. The molecule has 0 aliphatic carbocycles. The maximum absolute atomic E-state index is 12.8. The van der Waals surface area contributed by atoms with Crippen LogP contribution in [-0.2, 0) is 6.54 Å². The van der Waals surface area contributed by atoms with Crippen LogP contribution in [0.4, 0.5) is 5.69 Å². The molecular weight excluding hydrogens is 336 g/mol. The van der Waals surface area contributed by atoms with Gasteiger partial charge in [0.1, 0.15) is 11.3 Å². The maximum Gasteiger partial charge on any atom is 0.274 e. The number of carbonyl (C=O) groups excluding carboxylic acids is 1. The van der Waals surface area contributed by atoms with Gasteiger partial charge in [-0.1, -0.05) is 12.1 Å². The fourth-order valence-corrected chi connectivity index (χ4v) is 3.69. The molecule has 0 bridgehead atoms. The number of hydrogen-bond acceptors (Lipinski definition) is 3. The van der Waals surface area contributed by atoms with E-state index in [9.17, 15) is 4.79 Å². The molecular formula is C22H26N4O. The van der Waals surface area contributed by atoms with Crippen LogP contribution in [0.3, 0.4) is 0 Å². The number of amides is 1. The first-order chi connectivity index (χ1) is 13.1. The van der Waals surface area contributed by atoms with E-state index in [0.29, 0.717) is 12.2 Å². The van der Waals surface area contributed by atoms with Crippen LogP contribution < -0.4 is 4.90 Å². The summed E-state index contributed by atoms with van der Waals surface area (Å²) < 4.78 is 1.89. The van der Waals surface area contributed by atoms with Crippen LogP contribution in [0.25, 0.3) is 5.65 Å². The zero-order valence-corrected chi connectivity index (χ0v) is 16.1. The minimum Gasteiger partial charge on any atom is -0.372 e. The molecule has 1 aromatic carbocycles. The van der Waals surface area contributed by atoms with Crippen molar-refractivity contribution in [1.29, 1.82) is 0 Å². The number of fused-ring (bicyclic) bond motifs is 1. The Hall–Kier alpha value is -2.82. The van der Waals surface area contributed by atoms with Gasteiger partial charge in [-0.15, -0.1) is 0 Å². The Morgan fingerprint density at radius 1 is 1.11 bits per heavy atom. The van der Waals surface area contributed by atoms with E-state index < -0.39 is 0 Å². The molecule has 5 heteroatoms. The summed E-state index contributed by atoms with van der Waals surface area (Å²) in [6, 6.07) is 12.6. The Kier molecular flexibility index (Phi) is 4.84. The Bertz CT molecular complexity index is 939. The van der Waals surface area contributed by atoms with E-state index in [-0.39, 0.29) is 5.91 Å². The van der Waals surface area contributed by atoms with Crippen LogP contribution in [0.5, 0.6) is 0 Å². The summed E-state index contributed by atoms with van der Waals surface area (Å²) in [6.07, 6.45) is 7.63. The highest BCUT2D eigenvalue weighted by Gasteiger charge is 2.16. The summed E-state index contributed by atoms with van der Waals surface area (Å²) in [5.41, 5.74) is 4.83. The summed E-state index contributed by atoms with van der Waals surface area (Å²) in [6.45, 7) is 4.89. The lowest BCUT2D eigenvalue weighted by atomic mass is 10.1. The van der Waals surface area contributed by atoms with Crippen molar-refractivity contribution in [3.05, 3.63) is 65.6 Å². The van der Waals surface area contributed by atoms with Crippen molar-refractivity contribution in [3.8, 4) is 0 Å². The lowest BCUT2D eigenvalue weighted by Gasteiger charge is -2.29. The Balaban J connectivity index is 1.44. The van der Waals surface area contributed by atoms with Crippen molar-refractivity contribution in [2.45, 2.75) is 32.7 Å². The normalized spacial score (nSPS) is 14.5. The number of carbonyl (C=O) groups is 1. The molecule has 140 valence electrons. The topological polar surface area (TPSA) is 40.9 Å². The van der Waals surface area contributed by atoms with Gasteiger partial charge in [-0.2, -0.15) is 0 Å².